The fourth-order valence-electron chi connectivity index (χ4n) is 2.16. The van der Waals surface area contributed by atoms with Crippen molar-refractivity contribution in [3.63, 3.8) is 0 Å². The van der Waals surface area contributed by atoms with Gasteiger partial charge in [-0.25, -0.2) is 0 Å². The molecule has 2 atom stereocenters. The number of nitrogens with zero attached hydrogens (tertiary/aromatic N) is 3. The lowest BCUT2D eigenvalue weighted by Gasteiger charge is -2.36. The maximum absolute atomic E-state index is 4.73. The number of aromatic nitrogens is 2. The first-order chi connectivity index (χ1) is 7.29. The van der Waals surface area contributed by atoms with Crippen molar-refractivity contribution in [2.45, 2.75) is 38.4 Å². The third-order valence-corrected chi connectivity index (χ3v) is 3.17. The lowest BCUT2D eigenvalue weighted by atomic mass is 9.98. The summed E-state index contributed by atoms with van der Waals surface area (Å²) in [6.45, 7) is 4.15. The predicted molar refractivity (Wildman–Crippen MR) is 56.3 cm³/mol. The van der Waals surface area contributed by atoms with E-state index >= 15 is 0 Å². The molecule has 0 radical (unpaired) electrons. The van der Waals surface area contributed by atoms with Crippen LogP contribution in [0.25, 0.3) is 0 Å². The molecule has 15 heavy (non-hydrogen) atoms. The number of hydrogen-bond donors (Lipinski definition) is 1. The molecule has 0 bridgehead atoms. The zero-order valence-corrected chi connectivity index (χ0v) is 9.31. The largest absolute Gasteiger partial charge is 0.343 e. The fraction of sp³-hybridized carbons (Fsp3) is 0.800. The first kappa shape index (κ1) is 10.6. The van der Waals surface area contributed by atoms with E-state index in [-0.39, 0.29) is 0 Å². The van der Waals surface area contributed by atoms with Crippen LogP contribution in [-0.2, 0) is 6.54 Å². The van der Waals surface area contributed by atoms with Crippen LogP contribution in [0.3, 0.4) is 0 Å². The summed E-state index contributed by atoms with van der Waals surface area (Å²) in [4.78, 5) is 6.45. The molecule has 5 nitrogen and oxygen atoms in total. The first-order valence-corrected chi connectivity index (χ1v) is 5.46. The summed E-state index contributed by atoms with van der Waals surface area (Å²) < 4.78 is 4.73. The molecular formula is C10H18N4O. The molecule has 5 heteroatoms. The molecule has 0 aromatic carbocycles. The minimum atomic E-state index is 0.578. The lowest BCUT2D eigenvalue weighted by Crippen LogP contribution is -2.46. The Bertz CT molecular complexity index is 288. The van der Waals surface area contributed by atoms with Gasteiger partial charge in [-0.05, 0) is 26.8 Å². The quantitative estimate of drug-likeness (QED) is 0.793. The maximum atomic E-state index is 4.73. The highest BCUT2D eigenvalue weighted by molar-refractivity contribution is 4.86. The minimum absolute atomic E-state index is 0.578. The standard InChI is InChI=1S/C10H18N4O/c1-8-5-9(11-2)3-4-14(8)6-10-12-7-15-13-10/h7-9,11H,3-6H2,1-2H3. The second kappa shape index (κ2) is 4.72. The smallest absolute Gasteiger partial charge is 0.213 e. The monoisotopic (exact) mass is 210 g/mol. The lowest BCUT2D eigenvalue weighted by molar-refractivity contribution is 0.127. The van der Waals surface area contributed by atoms with Crippen molar-refractivity contribution in [3.8, 4) is 0 Å². The molecule has 1 aromatic heterocycles. The fourth-order valence-corrected chi connectivity index (χ4v) is 2.16. The summed E-state index contributed by atoms with van der Waals surface area (Å²) in [7, 11) is 2.03. The Kier molecular flexibility index (Phi) is 3.33. The molecule has 0 spiro atoms. The van der Waals surface area contributed by atoms with Gasteiger partial charge in [-0.2, -0.15) is 4.98 Å². The van der Waals surface area contributed by atoms with Crippen molar-refractivity contribution < 1.29 is 4.52 Å². The van der Waals surface area contributed by atoms with Crippen LogP contribution in [0.5, 0.6) is 0 Å². The summed E-state index contributed by atoms with van der Waals surface area (Å²) in [6.07, 6.45) is 3.77. The maximum Gasteiger partial charge on any atom is 0.213 e. The highest BCUT2D eigenvalue weighted by Crippen LogP contribution is 2.18. The molecule has 84 valence electrons. The van der Waals surface area contributed by atoms with E-state index in [1.807, 2.05) is 7.05 Å². The molecule has 1 aliphatic rings. The second-order valence-corrected chi connectivity index (χ2v) is 4.18. The predicted octanol–water partition coefficient (Wildman–Crippen LogP) is 0.642. The highest BCUT2D eigenvalue weighted by Gasteiger charge is 2.25. The Morgan fingerprint density at radius 3 is 3.13 bits per heavy atom. The van der Waals surface area contributed by atoms with Crippen LogP contribution in [0.2, 0.25) is 0 Å². The van der Waals surface area contributed by atoms with Gasteiger partial charge in [0.1, 0.15) is 0 Å². The van der Waals surface area contributed by atoms with Crippen LogP contribution < -0.4 is 5.32 Å². The van der Waals surface area contributed by atoms with E-state index in [0.717, 1.165) is 18.9 Å². The number of likely N-dealkylation sites (tertiary alicyclic amines) is 1. The van der Waals surface area contributed by atoms with Gasteiger partial charge < -0.3 is 9.84 Å². The molecular weight excluding hydrogens is 192 g/mol. The summed E-state index contributed by atoms with van der Waals surface area (Å²) in [5, 5.41) is 7.18. The van der Waals surface area contributed by atoms with E-state index in [4.69, 9.17) is 4.52 Å². The first-order valence-electron chi connectivity index (χ1n) is 5.46. The number of hydrogen-bond acceptors (Lipinski definition) is 5. The molecule has 1 saturated heterocycles. The third kappa shape index (κ3) is 2.54. The number of rotatable bonds is 3. The van der Waals surface area contributed by atoms with Gasteiger partial charge in [0, 0.05) is 18.6 Å². The van der Waals surface area contributed by atoms with Crippen LogP contribution in [0, 0.1) is 0 Å². The molecule has 0 aliphatic carbocycles. The van der Waals surface area contributed by atoms with Crippen molar-refractivity contribution in [3.05, 3.63) is 12.2 Å². The van der Waals surface area contributed by atoms with Crippen molar-refractivity contribution >= 4 is 0 Å². The Balaban J connectivity index is 1.89. The minimum Gasteiger partial charge on any atom is -0.343 e. The van der Waals surface area contributed by atoms with E-state index in [1.165, 1.54) is 19.2 Å². The number of piperidine rings is 1. The van der Waals surface area contributed by atoms with Crippen molar-refractivity contribution in [1.29, 1.82) is 0 Å². The van der Waals surface area contributed by atoms with Crippen LogP contribution in [0.1, 0.15) is 25.6 Å². The summed E-state index contributed by atoms with van der Waals surface area (Å²) >= 11 is 0. The number of nitrogens with one attached hydrogen (secondary N) is 1. The van der Waals surface area contributed by atoms with E-state index in [2.05, 4.69) is 27.3 Å². The topological polar surface area (TPSA) is 54.2 Å². The Hall–Kier alpha value is -0.940. The zero-order chi connectivity index (χ0) is 10.7. The van der Waals surface area contributed by atoms with Gasteiger partial charge in [0.25, 0.3) is 0 Å². The molecule has 0 saturated carbocycles. The Labute approximate surface area is 89.8 Å². The molecule has 1 aliphatic heterocycles. The van der Waals surface area contributed by atoms with E-state index < -0.39 is 0 Å². The van der Waals surface area contributed by atoms with Gasteiger partial charge in [-0.1, -0.05) is 5.16 Å². The van der Waals surface area contributed by atoms with Crippen molar-refractivity contribution in [1.82, 2.24) is 20.4 Å². The van der Waals surface area contributed by atoms with Crippen molar-refractivity contribution in [2.24, 2.45) is 0 Å². The molecule has 2 rings (SSSR count). The summed E-state index contributed by atoms with van der Waals surface area (Å²) in [6, 6.07) is 1.23. The Morgan fingerprint density at radius 1 is 1.67 bits per heavy atom. The van der Waals surface area contributed by atoms with Gasteiger partial charge in [-0.15, -0.1) is 0 Å². The van der Waals surface area contributed by atoms with Crippen LogP contribution in [0.4, 0.5) is 0 Å². The molecule has 0 amide bonds. The highest BCUT2D eigenvalue weighted by atomic mass is 16.5. The normalized spacial score (nSPS) is 28.1. The molecule has 2 unspecified atom stereocenters. The van der Waals surface area contributed by atoms with Gasteiger partial charge >= 0.3 is 0 Å². The van der Waals surface area contributed by atoms with E-state index in [0.29, 0.717) is 12.1 Å². The Morgan fingerprint density at radius 2 is 2.53 bits per heavy atom. The van der Waals surface area contributed by atoms with Gasteiger partial charge in [0.05, 0.1) is 6.54 Å². The van der Waals surface area contributed by atoms with Crippen molar-refractivity contribution in [2.75, 3.05) is 13.6 Å². The van der Waals surface area contributed by atoms with Gasteiger partial charge in [-0.3, -0.25) is 4.90 Å². The van der Waals surface area contributed by atoms with Gasteiger partial charge in [0.15, 0.2) is 5.82 Å². The van der Waals surface area contributed by atoms with Crippen LogP contribution in [0.15, 0.2) is 10.9 Å². The molecule has 1 N–H and O–H groups in total. The average molecular weight is 210 g/mol. The van der Waals surface area contributed by atoms with Gasteiger partial charge in [0.2, 0.25) is 6.39 Å². The summed E-state index contributed by atoms with van der Waals surface area (Å²) in [5.41, 5.74) is 0. The third-order valence-electron chi connectivity index (χ3n) is 3.17. The average Bonchev–Trinajstić information content (AvgIpc) is 2.74. The zero-order valence-electron chi connectivity index (χ0n) is 9.31. The SMILES string of the molecule is CNC1CCN(Cc2ncon2)C(C)C1. The summed E-state index contributed by atoms with van der Waals surface area (Å²) in [5.74, 6) is 0.782. The van der Waals surface area contributed by atoms with E-state index in [9.17, 15) is 0 Å². The van der Waals surface area contributed by atoms with Crippen LogP contribution >= 0.6 is 0 Å². The molecule has 2 heterocycles. The molecule has 1 aromatic rings. The molecule has 1 fully saturated rings. The van der Waals surface area contributed by atoms with Crippen LogP contribution in [-0.4, -0.2) is 40.7 Å². The van der Waals surface area contributed by atoms with E-state index in [1.54, 1.807) is 0 Å². The second-order valence-electron chi connectivity index (χ2n) is 4.18.